The zero-order valence-corrected chi connectivity index (χ0v) is 15.1. The zero-order chi connectivity index (χ0) is 19.1. The molecule has 3 rings (SSSR count). The van der Waals surface area contributed by atoms with E-state index in [1.165, 1.54) is 0 Å². The summed E-state index contributed by atoms with van der Waals surface area (Å²) < 4.78 is 93.8. The number of piperazine rings is 1. The summed E-state index contributed by atoms with van der Waals surface area (Å²) in [6, 6.07) is -0.642. The monoisotopic (exact) mass is 420 g/mol. The van der Waals surface area contributed by atoms with Crippen LogP contribution in [0.5, 0.6) is 0 Å². The Kier molecular flexibility index (Phi) is 6.69. The lowest BCUT2D eigenvalue weighted by atomic mass is 9.91. The van der Waals surface area contributed by atoms with Crippen LogP contribution in [-0.2, 0) is 12.4 Å². The predicted octanol–water partition coefficient (Wildman–Crippen LogP) is 5.03. The molecule has 0 bridgehead atoms. The normalized spacial score (nSPS) is 20.3. The van der Waals surface area contributed by atoms with Crippen molar-refractivity contribution in [2.75, 3.05) is 26.2 Å². The molecule has 1 aliphatic heterocycles. The number of hydrogen-bond donors (Lipinski definition) is 1. The SMILES string of the molecule is Cl.Fc1cc(C(F)(F)F)cc(C(F)(F)F)c1[C@H](CC1CC1)N1CCNCC1. The van der Waals surface area contributed by atoms with Crippen LogP contribution in [0.2, 0.25) is 0 Å². The van der Waals surface area contributed by atoms with Gasteiger partial charge < -0.3 is 5.32 Å². The lowest BCUT2D eigenvalue weighted by Crippen LogP contribution is -2.45. The summed E-state index contributed by atoms with van der Waals surface area (Å²) in [5.41, 5.74) is -3.79. The van der Waals surface area contributed by atoms with Gasteiger partial charge in [-0.2, -0.15) is 26.3 Å². The van der Waals surface area contributed by atoms with Gasteiger partial charge in [-0.1, -0.05) is 12.8 Å². The molecule has 10 heteroatoms. The highest BCUT2D eigenvalue weighted by Crippen LogP contribution is 2.46. The van der Waals surface area contributed by atoms with Crippen LogP contribution in [0.25, 0.3) is 0 Å². The maximum absolute atomic E-state index is 14.6. The van der Waals surface area contributed by atoms with Crippen LogP contribution in [0.1, 0.15) is 42.0 Å². The molecule has 154 valence electrons. The smallest absolute Gasteiger partial charge is 0.314 e. The van der Waals surface area contributed by atoms with E-state index in [0.29, 0.717) is 32.6 Å². The van der Waals surface area contributed by atoms with Crippen LogP contribution in [0.4, 0.5) is 30.7 Å². The Bertz CT molecular complexity index is 650. The number of nitrogens with zero attached hydrogens (tertiary/aromatic N) is 1. The molecule has 2 nitrogen and oxygen atoms in total. The second-order valence-electron chi connectivity index (χ2n) is 6.90. The Labute approximate surface area is 158 Å². The van der Waals surface area contributed by atoms with Crippen molar-refractivity contribution in [3.63, 3.8) is 0 Å². The second-order valence-corrected chi connectivity index (χ2v) is 6.90. The van der Waals surface area contributed by atoms with Gasteiger partial charge in [0, 0.05) is 37.8 Å². The number of benzene rings is 1. The molecular formula is C17H20ClF7N2. The van der Waals surface area contributed by atoms with Crippen molar-refractivity contribution in [3.8, 4) is 0 Å². The van der Waals surface area contributed by atoms with Gasteiger partial charge in [-0.3, -0.25) is 4.90 Å². The topological polar surface area (TPSA) is 15.3 Å². The van der Waals surface area contributed by atoms with Crippen LogP contribution in [0.3, 0.4) is 0 Å². The minimum absolute atomic E-state index is 0. The maximum Gasteiger partial charge on any atom is 0.416 e. The van der Waals surface area contributed by atoms with Crippen LogP contribution in [0.15, 0.2) is 12.1 Å². The van der Waals surface area contributed by atoms with Gasteiger partial charge in [0.2, 0.25) is 0 Å². The van der Waals surface area contributed by atoms with E-state index in [2.05, 4.69) is 5.32 Å². The van der Waals surface area contributed by atoms with Gasteiger partial charge in [0.15, 0.2) is 0 Å². The van der Waals surface area contributed by atoms with Crippen molar-refractivity contribution in [2.45, 2.75) is 37.7 Å². The van der Waals surface area contributed by atoms with Gasteiger partial charge in [0.05, 0.1) is 11.1 Å². The fourth-order valence-electron chi connectivity index (χ4n) is 3.47. The number of rotatable bonds is 4. The van der Waals surface area contributed by atoms with Crippen molar-refractivity contribution in [3.05, 3.63) is 34.6 Å². The number of nitrogens with one attached hydrogen (secondary N) is 1. The lowest BCUT2D eigenvalue weighted by molar-refractivity contribution is -0.144. The van der Waals surface area contributed by atoms with E-state index in [4.69, 9.17) is 0 Å². The summed E-state index contributed by atoms with van der Waals surface area (Å²) in [5.74, 6) is -1.24. The van der Waals surface area contributed by atoms with E-state index < -0.39 is 40.9 Å². The van der Waals surface area contributed by atoms with Crippen LogP contribution >= 0.6 is 12.4 Å². The van der Waals surface area contributed by atoms with E-state index in [1.807, 2.05) is 0 Å². The lowest BCUT2D eigenvalue weighted by Gasteiger charge is -2.37. The molecule has 1 saturated carbocycles. The van der Waals surface area contributed by atoms with Crippen LogP contribution in [-0.4, -0.2) is 31.1 Å². The summed E-state index contributed by atoms with van der Waals surface area (Å²) in [7, 11) is 0. The summed E-state index contributed by atoms with van der Waals surface area (Å²) in [5, 5.41) is 3.07. The summed E-state index contributed by atoms with van der Waals surface area (Å²) >= 11 is 0. The standard InChI is InChI=1S/C17H19F7N2.ClH/c18-13-9-11(16(19,20)21)8-12(17(22,23)24)15(13)14(7-10-1-2-10)26-5-3-25-4-6-26;/h8-10,14,25H,1-7H2;1H/t14-;/m0./s1. The average Bonchev–Trinajstić information content (AvgIpc) is 3.35. The molecule has 27 heavy (non-hydrogen) atoms. The summed E-state index contributed by atoms with van der Waals surface area (Å²) in [6.07, 6.45) is -8.07. The molecule has 0 unspecified atom stereocenters. The highest BCUT2D eigenvalue weighted by atomic mass is 35.5. The van der Waals surface area contributed by atoms with Gasteiger partial charge in [0.1, 0.15) is 5.82 Å². The Balaban J connectivity index is 0.00000261. The highest BCUT2D eigenvalue weighted by Gasteiger charge is 2.43. The molecule has 1 heterocycles. The first-order chi connectivity index (χ1) is 12.1. The molecule has 1 N–H and O–H groups in total. The molecule has 0 radical (unpaired) electrons. The molecule has 1 saturated heterocycles. The van der Waals surface area contributed by atoms with Crippen molar-refractivity contribution >= 4 is 12.4 Å². The third kappa shape index (κ3) is 5.26. The third-order valence-corrected chi connectivity index (χ3v) is 4.94. The Morgan fingerprint density at radius 1 is 1.00 bits per heavy atom. The molecule has 0 amide bonds. The first-order valence-electron chi connectivity index (χ1n) is 8.50. The number of halogens is 8. The molecule has 1 aliphatic carbocycles. The molecule has 1 aromatic carbocycles. The van der Waals surface area contributed by atoms with E-state index in [1.54, 1.807) is 4.90 Å². The van der Waals surface area contributed by atoms with E-state index >= 15 is 0 Å². The van der Waals surface area contributed by atoms with Gasteiger partial charge in [0.25, 0.3) is 0 Å². The minimum atomic E-state index is -5.06. The van der Waals surface area contributed by atoms with Crippen LogP contribution < -0.4 is 5.32 Å². The van der Waals surface area contributed by atoms with Crippen molar-refractivity contribution in [2.24, 2.45) is 5.92 Å². The second kappa shape index (κ2) is 8.13. The molecule has 0 aromatic heterocycles. The average molecular weight is 421 g/mol. The van der Waals surface area contributed by atoms with Gasteiger partial charge in [-0.15, -0.1) is 12.4 Å². The fourth-order valence-corrected chi connectivity index (χ4v) is 3.47. The highest BCUT2D eigenvalue weighted by molar-refractivity contribution is 5.85. The molecule has 0 spiro atoms. The largest absolute Gasteiger partial charge is 0.416 e. The Morgan fingerprint density at radius 3 is 2.07 bits per heavy atom. The first kappa shape index (κ1) is 22.2. The molecular weight excluding hydrogens is 401 g/mol. The van der Waals surface area contributed by atoms with Crippen molar-refractivity contribution in [1.29, 1.82) is 0 Å². The Morgan fingerprint density at radius 2 is 1.59 bits per heavy atom. The van der Waals surface area contributed by atoms with Crippen molar-refractivity contribution < 1.29 is 30.7 Å². The van der Waals surface area contributed by atoms with Gasteiger partial charge in [-0.05, 0) is 24.5 Å². The van der Waals surface area contributed by atoms with Crippen molar-refractivity contribution in [1.82, 2.24) is 10.2 Å². The van der Waals surface area contributed by atoms with Gasteiger partial charge >= 0.3 is 12.4 Å². The van der Waals surface area contributed by atoms with E-state index in [-0.39, 0.29) is 30.5 Å². The molecule has 1 aromatic rings. The Hall–Kier alpha value is -1.06. The van der Waals surface area contributed by atoms with E-state index in [9.17, 15) is 30.7 Å². The maximum atomic E-state index is 14.6. The zero-order valence-electron chi connectivity index (χ0n) is 14.3. The molecule has 1 atom stereocenters. The number of alkyl halides is 6. The summed E-state index contributed by atoms with van der Waals surface area (Å²) in [4.78, 5) is 1.75. The fraction of sp³-hybridized carbons (Fsp3) is 0.647. The third-order valence-electron chi connectivity index (χ3n) is 4.94. The minimum Gasteiger partial charge on any atom is -0.314 e. The van der Waals surface area contributed by atoms with Gasteiger partial charge in [-0.25, -0.2) is 4.39 Å². The predicted molar refractivity (Wildman–Crippen MR) is 88.2 cm³/mol. The van der Waals surface area contributed by atoms with E-state index in [0.717, 1.165) is 12.8 Å². The first-order valence-corrected chi connectivity index (χ1v) is 8.50. The summed E-state index contributed by atoms with van der Waals surface area (Å²) in [6.45, 7) is 1.94. The molecule has 2 fully saturated rings. The number of hydrogen-bond acceptors (Lipinski definition) is 2. The quantitative estimate of drug-likeness (QED) is 0.687. The van der Waals surface area contributed by atoms with Crippen LogP contribution in [0, 0.1) is 11.7 Å². The molecule has 2 aliphatic rings.